The third kappa shape index (κ3) is 4.03. The number of hydrogen-bond acceptors (Lipinski definition) is 4. The summed E-state index contributed by atoms with van der Waals surface area (Å²) in [6, 6.07) is 4.03. The van der Waals surface area contributed by atoms with Gasteiger partial charge >= 0.3 is 5.97 Å². The summed E-state index contributed by atoms with van der Waals surface area (Å²) in [4.78, 5) is 11.0. The lowest BCUT2D eigenvalue weighted by Crippen LogP contribution is -2.14. The van der Waals surface area contributed by atoms with Crippen LogP contribution in [0.1, 0.15) is 25.5 Å². The number of benzene rings is 1. The van der Waals surface area contributed by atoms with Crippen molar-refractivity contribution in [3.8, 4) is 5.75 Å². The van der Waals surface area contributed by atoms with Crippen LogP contribution in [-0.4, -0.2) is 24.3 Å². The number of aliphatic hydroxyl groups excluding tert-OH is 1. The molecule has 0 saturated heterocycles. The van der Waals surface area contributed by atoms with Gasteiger partial charge in [0.15, 0.2) is 6.61 Å². The molecule has 94 valence electrons. The van der Waals surface area contributed by atoms with Gasteiger partial charge in [-0.05, 0) is 26.0 Å². The first-order chi connectivity index (χ1) is 8.04. The van der Waals surface area contributed by atoms with Gasteiger partial charge in [0.2, 0.25) is 0 Å². The Bertz CT molecular complexity index is 390. The Morgan fingerprint density at radius 1 is 1.53 bits per heavy atom. The van der Waals surface area contributed by atoms with Gasteiger partial charge in [0.1, 0.15) is 11.6 Å². The van der Waals surface area contributed by atoms with Crippen LogP contribution in [0.4, 0.5) is 4.39 Å². The highest BCUT2D eigenvalue weighted by Gasteiger charge is 2.10. The number of carbonyl (C=O) groups is 1. The van der Waals surface area contributed by atoms with Crippen molar-refractivity contribution in [1.82, 2.24) is 0 Å². The topological polar surface area (TPSA) is 55.8 Å². The van der Waals surface area contributed by atoms with Gasteiger partial charge in [0.05, 0.1) is 12.7 Å². The van der Waals surface area contributed by atoms with Crippen LogP contribution in [0.5, 0.6) is 5.75 Å². The molecular weight excluding hydrogens is 227 g/mol. The van der Waals surface area contributed by atoms with Crippen LogP contribution in [0, 0.1) is 5.82 Å². The molecule has 0 aliphatic heterocycles. The van der Waals surface area contributed by atoms with Crippen molar-refractivity contribution in [2.45, 2.75) is 20.0 Å². The monoisotopic (exact) mass is 242 g/mol. The van der Waals surface area contributed by atoms with E-state index in [0.717, 1.165) is 6.07 Å². The summed E-state index contributed by atoms with van der Waals surface area (Å²) in [5, 5.41) is 9.23. The second kappa shape index (κ2) is 6.20. The standard InChI is InChI=1S/C12H15FO4/c1-3-16-12(15)7-17-9-4-5-10(8(2)14)11(13)6-9/h4-6,8,14H,3,7H2,1-2H3/t8-/m0/s1. The number of rotatable bonds is 5. The molecule has 17 heavy (non-hydrogen) atoms. The molecule has 0 saturated carbocycles. The summed E-state index contributed by atoms with van der Waals surface area (Å²) in [5.41, 5.74) is 0.188. The van der Waals surface area contributed by atoms with Gasteiger partial charge in [0, 0.05) is 11.6 Å². The summed E-state index contributed by atoms with van der Waals surface area (Å²) in [5.74, 6) is -0.853. The Morgan fingerprint density at radius 3 is 2.76 bits per heavy atom. The van der Waals surface area contributed by atoms with Gasteiger partial charge < -0.3 is 14.6 Å². The number of halogens is 1. The first-order valence-electron chi connectivity index (χ1n) is 5.30. The summed E-state index contributed by atoms with van der Waals surface area (Å²) in [7, 11) is 0. The predicted octanol–water partition coefficient (Wildman–Crippen LogP) is 1.82. The highest BCUT2D eigenvalue weighted by molar-refractivity contribution is 5.71. The highest BCUT2D eigenvalue weighted by atomic mass is 19.1. The van der Waals surface area contributed by atoms with E-state index in [2.05, 4.69) is 4.74 Å². The van der Waals surface area contributed by atoms with Gasteiger partial charge in [0.25, 0.3) is 0 Å². The lowest BCUT2D eigenvalue weighted by molar-refractivity contribution is -0.145. The molecule has 0 fully saturated rings. The van der Waals surface area contributed by atoms with Crippen molar-refractivity contribution in [2.75, 3.05) is 13.2 Å². The molecule has 4 nitrogen and oxygen atoms in total. The van der Waals surface area contributed by atoms with Crippen LogP contribution in [0.2, 0.25) is 0 Å². The fraction of sp³-hybridized carbons (Fsp3) is 0.417. The highest BCUT2D eigenvalue weighted by Crippen LogP contribution is 2.21. The van der Waals surface area contributed by atoms with Crippen molar-refractivity contribution >= 4 is 5.97 Å². The van der Waals surface area contributed by atoms with E-state index >= 15 is 0 Å². The molecule has 0 aliphatic rings. The van der Waals surface area contributed by atoms with Gasteiger partial charge in [-0.3, -0.25) is 0 Å². The molecule has 1 aromatic carbocycles. The number of hydrogen-bond donors (Lipinski definition) is 1. The Balaban J connectivity index is 2.62. The Morgan fingerprint density at radius 2 is 2.24 bits per heavy atom. The molecular formula is C12H15FO4. The third-order valence-corrected chi connectivity index (χ3v) is 2.08. The minimum atomic E-state index is -0.880. The van der Waals surface area contributed by atoms with Crippen LogP contribution in [-0.2, 0) is 9.53 Å². The first-order valence-corrected chi connectivity index (χ1v) is 5.30. The molecule has 0 heterocycles. The molecule has 0 amide bonds. The fourth-order valence-corrected chi connectivity index (χ4v) is 1.28. The maximum absolute atomic E-state index is 13.4. The van der Waals surface area contributed by atoms with Crippen LogP contribution >= 0.6 is 0 Å². The maximum Gasteiger partial charge on any atom is 0.344 e. The van der Waals surface area contributed by atoms with Crippen LogP contribution in [0.3, 0.4) is 0 Å². The second-order valence-corrected chi connectivity index (χ2v) is 3.45. The van der Waals surface area contributed by atoms with Gasteiger partial charge in [-0.2, -0.15) is 0 Å². The van der Waals surface area contributed by atoms with Crippen LogP contribution in [0.25, 0.3) is 0 Å². The van der Waals surface area contributed by atoms with Crippen molar-refractivity contribution in [1.29, 1.82) is 0 Å². The third-order valence-electron chi connectivity index (χ3n) is 2.08. The van der Waals surface area contributed by atoms with E-state index in [0.29, 0.717) is 0 Å². The summed E-state index contributed by atoms with van der Waals surface area (Å²) in [6.45, 7) is 3.17. The average molecular weight is 242 g/mol. The predicted molar refractivity (Wildman–Crippen MR) is 59.2 cm³/mol. The Hall–Kier alpha value is -1.62. The fourth-order valence-electron chi connectivity index (χ4n) is 1.28. The Kier molecular flexibility index (Phi) is 4.90. The maximum atomic E-state index is 13.4. The van der Waals surface area contributed by atoms with E-state index in [1.54, 1.807) is 6.92 Å². The van der Waals surface area contributed by atoms with E-state index in [1.807, 2.05) is 0 Å². The normalized spacial score (nSPS) is 12.0. The van der Waals surface area contributed by atoms with Gasteiger partial charge in [-0.25, -0.2) is 9.18 Å². The van der Waals surface area contributed by atoms with Gasteiger partial charge in [-0.15, -0.1) is 0 Å². The second-order valence-electron chi connectivity index (χ2n) is 3.45. The largest absolute Gasteiger partial charge is 0.482 e. The lowest BCUT2D eigenvalue weighted by Gasteiger charge is -2.09. The minimum Gasteiger partial charge on any atom is -0.482 e. The van der Waals surface area contributed by atoms with Crippen molar-refractivity contribution < 1.29 is 23.8 Å². The first kappa shape index (κ1) is 13.4. The lowest BCUT2D eigenvalue weighted by atomic mass is 10.1. The van der Waals surface area contributed by atoms with Gasteiger partial charge in [-0.1, -0.05) is 0 Å². The minimum absolute atomic E-state index is 0.188. The molecule has 0 bridgehead atoms. The molecule has 1 N–H and O–H groups in total. The molecule has 0 radical (unpaired) electrons. The molecule has 1 rings (SSSR count). The SMILES string of the molecule is CCOC(=O)COc1ccc([C@H](C)O)c(F)c1. The molecule has 5 heteroatoms. The van der Waals surface area contributed by atoms with Crippen molar-refractivity contribution in [3.05, 3.63) is 29.6 Å². The average Bonchev–Trinajstić information content (AvgIpc) is 2.26. The summed E-state index contributed by atoms with van der Waals surface area (Å²) < 4.78 is 23.1. The Labute approximate surface area is 99.0 Å². The molecule has 1 aromatic rings. The zero-order valence-corrected chi connectivity index (χ0v) is 9.77. The van der Waals surface area contributed by atoms with E-state index in [9.17, 15) is 14.3 Å². The molecule has 0 spiro atoms. The number of ether oxygens (including phenoxy) is 2. The molecule has 0 aromatic heterocycles. The number of esters is 1. The molecule has 0 aliphatic carbocycles. The van der Waals surface area contributed by atoms with E-state index < -0.39 is 17.9 Å². The van der Waals surface area contributed by atoms with Crippen LogP contribution in [0.15, 0.2) is 18.2 Å². The zero-order valence-electron chi connectivity index (χ0n) is 9.77. The van der Waals surface area contributed by atoms with Crippen LogP contribution < -0.4 is 4.74 Å². The smallest absolute Gasteiger partial charge is 0.344 e. The number of carbonyl (C=O) groups excluding carboxylic acids is 1. The van der Waals surface area contributed by atoms with E-state index in [-0.39, 0.29) is 24.5 Å². The zero-order chi connectivity index (χ0) is 12.8. The van der Waals surface area contributed by atoms with Crippen molar-refractivity contribution in [2.24, 2.45) is 0 Å². The van der Waals surface area contributed by atoms with Crippen molar-refractivity contribution in [3.63, 3.8) is 0 Å². The summed E-state index contributed by atoms with van der Waals surface area (Å²) in [6.07, 6.45) is -0.880. The summed E-state index contributed by atoms with van der Waals surface area (Å²) >= 11 is 0. The molecule has 1 atom stereocenters. The number of aliphatic hydroxyl groups is 1. The van der Waals surface area contributed by atoms with E-state index in [1.165, 1.54) is 19.1 Å². The van der Waals surface area contributed by atoms with E-state index in [4.69, 9.17) is 4.74 Å². The molecule has 0 unspecified atom stereocenters. The quantitative estimate of drug-likeness (QED) is 0.800.